The van der Waals surface area contributed by atoms with E-state index >= 15 is 0 Å². The standard InChI is InChI=1S/C12H17NO3/c14-11(6-5-9-1-2-9)13(8-12(15)16)7-10-3-4-10/h5-6,9-10H,1-4,7-8H2,(H,15,16)/b6-5+. The summed E-state index contributed by atoms with van der Waals surface area (Å²) in [4.78, 5) is 23.8. The molecule has 0 aliphatic heterocycles. The Hall–Kier alpha value is -1.32. The van der Waals surface area contributed by atoms with Gasteiger partial charge in [-0.15, -0.1) is 0 Å². The first-order chi connectivity index (χ1) is 7.65. The second-order valence-electron chi connectivity index (χ2n) is 4.75. The van der Waals surface area contributed by atoms with E-state index in [0.29, 0.717) is 18.4 Å². The topological polar surface area (TPSA) is 57.6 Å². The number of nitrogens with zero attached hydrogens (tertiary/aromatic N) is 1. The van der Waals surface area contributed by atoms with Crippen LogP contribution in [0.4, 0.5) is 0 Å². The number of carboxylic acids is 1. The molecule has 1 amide bonds. The zero-order valence-electron chi connectivity index (χ0n) is 9.26. The van der Waals surface area contributed by atoms with Crippen molar-refractivity contribution in [2.75, 3.05) is 13.1 Å². The molecular formula is C12H17NO3. The monoisotopic (exact) mass is 223 g/mol. The van der Waals surface area contributed by atoms with Gasteiger partial charge in [0, 0.05) is 6.54 Å². The fourth-order valence-corrected chi connectivity index (χ4v) is 1.62. The maximum Gasteiger partial charge on any atom is 0.323 e. The van der Waals surface area contributed by atoms with Crippen molar-refractivity contribution in [3.63, 3.8) is 0 Å². The fraction of sp³-hybridized carbons (Fsp3) is 0.667. The molecule has 2 fully saturated rings. The van der Waals surface area contributed by atoms with Crippen molar-refractivity contribution in [2.24, 2.45) is 11.8 Å². The summed E-state index contributed by atoms with van der Waals surface area (Å²) >= 11 is 0. The van der Waals surface area contributed by atoms with Gasteiger partial charge in [-0.2, -0.15) is 0 Å². The van der Waals surface area contributed by atoms with Crippen molar-refractivity contribution in [2.45, 2.75) is 25.7 Å². The normalized spacial score (nSPS) is 20.0. The molecule has 2 aliphatic carbocycles. The Morgan fingerprint density at radius 2 is 1.94 bits per heavy atom. The molecule has 0 saturated heterocycles. The average Bonchev–Trinajstić information content (AvgIpc) is 3.06. The third-order valence-corrected chi connectivity index (χ3v) is 2.95. The lowest BCUT2D eigenvalue weighted by molar-refractivity contribution is -0.142. The van der Waals surface area contributed by atoms with Crippen LogP contribution in [0.15, 0.2) is 12.2 Å². The summed E-state index contributed by atoms with van der Waals surface area (Å²) in [5.41, 5.74) is 0. The van der Waals surface area contributed by atoms with Gasteiger partial charge < -0.3 is 10.0 Å². The van der Waals surface area contributed by atoms with Crippen LogP contribution in [0.1, 0.15) is 25.7 Å². The van der Waals surface area contributed by atoms with Crippen LogP contribution in [0.5, 0.6) is 0 Å². The van der Waals surface area contributed by atoms with Gasteiger partial charge in [-0.1, -0.05) is 6.08 Å². The van der Waals surface area contributed by atoms with E-state index in [1.54, 1.807) is 6.08 Å². The Bertz CT molecular complexity index is 316. The smallest absolute Gasteiger partial charge is 0.323 e. The predicted molar refractivity (Wildman–Crippen MR) is 58.8 cm³/mol. The number of hydrogen-bond acceptors (Lipinski definition) is 2. The van der Waals surface area contributed by atoms with E-state index in [4.69, 9.17) is 5.11 Å². The van der Waals surface area contributed by atoms with Crippen molar-refractivity contribution in [1.82, 2.24) is 4.90 Å². The highest BCUT2D eigenvalue weighted by Crippen LogP contribution is 2.31. The molecular weight excluding hydrogens is 206 g/mol. The van der Waals surface area contributed by atoms with Gasteiger partial charge in [0.1, 0.15) is 6.54 Å². The van der Waals surface area contributed by atoms with Gasteiger partial charge in [-0.05, 0) is 43.6 Å². The minimum Gasteiger partial charge on any atom is -0.480 e. The Morgan fingerprint density at radius 1 is 1.25 bits per heavy atom. The number of amides is 1. The van der Waals surface area contributed by atoms with Gasteiger partial charge in [-0.3, -0.25) is 9.59 Å². The highest BCUT2D eigenvalue weighted by molar-refractivity contribution is 5.90. The lowest BCUT2D eigenvalue weighted by Crippen LogP contribution is -2.36. The molecule has 4 nitrogen and oxygen atoms in total. The minimum atomic E-state index is -0.936. The zero-order valence-corrected chi connectivity index (χ0v) is 9.26. The van der Waals surface area contributed by atoms with E-state index in [1.807, 2.05) is 6.08 Å². The van der Waals surface area contributed by atoms with E-state index in [0.717, 1.165) is 25.7 Å². The molecule has 0 aromatic rings. The van der Waals surface area contributed by atoms with Crippen molar-refractivity contribution in [3.8, 4) is 0 Å². The van der Waals surface area contributed by atoms with Crippen molar-refractivity contribution < 1.29 is 14.7 Å². The quantitative estimate of drug-likeness (QED) is 0.690. The van der Waals surface area contributed by atoms with Gasteiger partial charge in [0.25, 0.3) is 0 Å². The summed E-state index contributed by atoms with van der Waals surface area (Å²) in [6, 6.07) is 0. The number of carbonyl (C=O) groups is 2. The molecule has 1 N–H and O–H groups in total. The lowest BCUT2D eigenvalue weighted by atomic mass is 10.3. The molecule has 0 radical (unpaired) electrons. The van der Waals surface area contributed by atoms with Crippen molar-refractivity contribution >= 4 is 11.9 Å². The third-order valence-electron chi connectivity index (χ3n) is 2.95. The lowest BCUT2D eigenvalue weighted by Gasteiger charge is -2.18. The van der Waals surface area contributed by atoms with Crippen LogP contribution in [0.2, 0.25) is 0 Å². The summed E-state index contributed by atoms with van der Waals surface area (Å²) in [7, 11) is 0. The molecule has 0 atom stereocenters. The summed E-state index contributed by atoms with van der Waals surface area (Å²) in [5.74, 6) is -0.0100. The van der Waals surface area contributed by atoms with E-state index in [1.165, 1.54) is 4.90 Å². The van der Waals surface area contributed by atoms with Gasteiger partial charge >= 0.3 is 5.97 Å². The van der Waals surface area contributed by atoms with Crippen LogP contribution in [0.25, 0.3) is 0 Å². The van der Waals surface area contributed by atoms with Crippen LogP contribution in [-0.2, 0) is 9.59 Å². The van der Waals surface area contributed by atoms with Crippen molar-refractivity contribution in [3.05, 3.63) is 12.2 Å². The minimum absolute atomic E-state index is 0.152. The number of aliphatic carboxylic acids is 1. The highest BCUT2D eigenvalue weighted by atomic mass is 16.4. The van der Waals surface area contributed by atoms with E-state index < -0.39 is 5.97 Å². The van der Waals surface area contributed by atoms with E-state index in [2.05, 4.69) is 0 Å². The summed E-state index contributed by atoms with van der Waals surface area (Å²) in [6.07, 6.45) is 8.01. The second kappa shape index (κ2) is 4.68. The molecule has 0 aromatic heterocycles. The van der Waals surface area contributed by atoms with Crippen LogP contribution < -0.4 is 0 Å². The molecule has 0 heterocycles. The maximum atomic E-state index is 11.8. The van der Waals surface area contributed by atoms with Gasteiger partial charge in [-0.25, -0.2) is 0 Å². The average molecular weight is 223 g/mol. The first-order valence-electron chi connectivity index (χ1n) is 5.84. The maximum absolute atomic E-state index is 11.8. The number of carbonyl (C=O) groups excluding carboxylic acids is 1. The highest BCUT2D eigenvalue weighted by Gasteiger charge is 2.27. The third kappa shape index (κ3) is 3.68. The first kappa shape index (κ1) is 11.2. The van der Waals surface area contributed by atoms with Crippen LogP contribution >= 0.6 is 0 Å². The molecule has 16 heavy (non-hydrogen) atoms. The molecule has 0 unspecified atom stereocenters. The molecule has 0 bridgehead atoms. The molecule has 2 saturated carbocycles. The predicted octanol–water partition coefficient (Wildman–Crippen LogP) is 1.28. The summed E-state index contributed by atoms with van der Waals surface area (Å²) in [5, 5.41) is 8.74. The molecule has 2 rings (SSSR count). The van der Waals surface area contributed by atoms with E-state index in [9.17, 15) is 9.59 Å². The zero-order chi connectivity index (χ0) is 11.5. The van der Waals surface area contributed by atoms with E-state index in [-0.39, 0.29) is 12.5 Å². The molecule has 2 aliphatic rings. The number of carboxylic acid groups (broad SMARTS) is 1. The Morgan fingerprint density at radius 3 is 2.44 bits per heavy atom. The van der Waals surface area contributed by atoms with Gasteiger partial charge in [0.2, 0.25) is 5.91 Å². The fourth-order valence-electron chi connectivity index (χ4n) is 1.62. The van der Waals surface area contributed by atoms with Crippen LogP contribution in [-0.4, -0.2) is 35.0 Å². The Balaban J connectivity index is 1.86. The first-order valence-corrected chi connectivity index (χ1v) is 5.84. The Labute approximate surface area is 94.9 Å². The molecule has 4 heteroatoms. The number of allylic oxidation sites excluding steroid dienone is 1. The second-order valence-corrected chi connectivity index (χ2v) is 4.75. The van der Waals surface area contributed by atoms with Gasteiger partial charge in [0.15, 0.2) is 0 Å². The van der Waals surface area contributed by atoms with Gasteiger partial charge in [0.05, 0.1) is 0 Å². The number of hydrogen-bond donors (Lipinski definition) is 1. The van der Waals surface area contributed by atoms with Crippen molar-refractivity contribution in [1.29, 1.82) is 0 Å². The molecule has 88 valence electrons. The Kier molecular flexibility index (Phi) is 3.27. The van der Waals surface area contributed by atoms with Crippen LogP contribution in [0.3, 0.4) is 0 Å². The summed E-state index contributed by atoms with van der Waals surface area (Å²) in [6.45, 7) is 0.421. The largest absolute Gasteiger partial charge is 0.480 e. The number of rotatable bonds is 6. The SMILES string of the molecule is O=C(O)CN(CC1CC1)C(=O)/C=C/C1CC1. The molecule has 0 spiro atoms. The molecule has 0 aromatic carbocycles. The van der Waals surface area contributed by atoms with Crippen LogP contribution in [0, 0.1) is 11.8 Å². The summed E-state index contributed by atoms with van der Waals surface area (Å²) < 4.78 is 0.